The highest BCUT2D eigenvalue weighted by atomic mass is 16.5. The van der Waals surface area contributed by atoms with Gasteiger partial charge in [0.05, 0.1) is 24.4 Å². The first-order valence-electron chi connectivity index (χ1n) is 13.9. The highest BCUT2D eigenvalue weighted by molar-refractivity contribution is 6.05. The minimum absolute atomic E-state index is 0.143. The average Bonchev–Trinajstić information content (AvgIpc) is 3.00. The van der Waals surface area contributed by atoms with E-state index in [-0.39, 0.29) is 5.91 Å². The molecule has 0 atom stereocenters. The Morgan fingerprint density at radius 1 is 0.829 bits per heavy atom. The van der Waals surface area contributed by atoms with Crippen molar-refractivity contribution in [3.8, 4) is 11.3 Å². The van der Waals surface area contributed by atoms with Gasteiger partial charge >= 0.3 is 0 Å². The van der Waals surface area contributed by atoms with Gasteiger partial charge in [-0.25, -0.2) is 9.97 Å². The van der Waals surface area contributed by atoms with Gasteiger partial charge in [-0.2, -0.15) is 0 Å². The Hall–Kier alpha value is -4.59. The third kappa shape index (κ3) is 6.11. The van der Waals surface area contributed by atoms with E-state index >= 15 is 0 Å². The summed E-state index contributed by atoms with van der Waals surface area (Å²) in [5.41, 5.74) is 8.35. The maximum atomic E-state index is 12.9. The number of fused-ring (bicyclic) bond motifs is 1. The SMILES string of the molecule is Cc1cccc(C)c1NC(=O)c1ccc(Nc2nc(-c3ccc(CN4CCOCC4)cc3)c3ccccc3n2)cc1. The number of para-hydroxylation sites is 2. The summed E-state index contributed by atoms with van der Waals surface area (Å²) in [4.78, 5) is 25.0. The molecular formula is C34H33N5O2. The Morgan fingerprint density at radius 2 is 1.54 bits per heavy atom. The van der Waals surface area contributed by atoms with E-state index < -0.39 is 0 Å². The number of benzene rings is 4. The lowest BCUT2D eigenvalue weighted by molar-refractivity contribution is 0.0342. The van der Waals surface area contributed by atoms with Crippen LogP contribution in [0.5, 0.6) is 0 Å². The molecule has 0 saturated carbocycles. The molecule has 7 heteroatoms. The number of aromatic nitrogens is 2. The zero-order chi connectivity index (χ0) is 28.2. The van der Waals surface area contributed by atoms with Gasteiger partial charge in [0, 0.05) is 47.5 Å². The molecule has 1 aromatic heterocycles. The van der Waals surface area contributed by atoms with Crippen LogP contribution in [0.25, 0.3) is 22.2 Å². The summed E-state index contributed by atoms with van der Waals surface area (Å²) >= 11 is 0. The molecule has 0 spiro atoms. The summed E-state index contributed by atoms with van der Waals surface area (Å²) in [6.07, 6.45) is 0. The third-order valence-corrected chi connectivity index (χ3v) is 7.46. The molecule has 206 valence electrons. The highest BCUT2D eigenvalue weighted by Crippen LogP contribution is 2.29. The fraction of sp³-hybridized carbons (Fsp3) is 0.206. The van der Waals surface area contributed by atoms with Gasteiger partial charge in [-0.1, -0.05) is 60.7 Å². The maximum Gasteiger partial charge on any atom is 0.255 e. The summed E-state index contributed by atoms with van der Waals surface area (Å²) in [6, 6.07) is 30.0. The van der Waals surface area contributed by atoms with Gasteiger partial charge in [0.25, 0.3) is 5.91 Å². The van der Waals surface area contributed by atoms with E-state index in [9.17, 15) is 4.79 Å². The summed E-state index contributed by atoms with van der Waals surface area (Å²) < 4.78 is 5.48. The van der Waals surface area contributed by atoms with Crippen LogP contribution in [0.2, 0.25) is 0 Å². The minimum Gasteiger partial charge on any atom is -0.379 e. The van der Waals surface area contributed by atoms with Crippen LogP contribution >= 0.6 is 0 Å². The van der Waals surface area contributed by atoms with Crippen LogP contribution in [0.4, 0.5) is 17.3 Å². The predicted octanol–water partition coefficient (Wildman–Crippen LogP) is 6.74. The minimum atomic E-state index is -0.143. The number of morpholine rings is 1. The zero-order valence-corrected chi connectivity index (χ0v) is 23.4. The standard InChI is InChI=1S/C34H33N5O2/c1-23-6-5-7-24(2)31(23)37-33(40)27-14-16-28(17-15-27)35-34-36-30-9-4-3-8-29(30)32(38-34)26-12-10-25(11-13-26)22-39-18-20-41-21-19-39/h3-17H,18-22H2,1-2H3,(H,37,40)(H,35,36,38). The van der Waals surface area contributed by atoms with E-state index in [0.29, 0.717) is 11.5 Å². The normalized spacial score (nSPS) is 13.7. The zero-order valence-electron chi connectivity index (χ0n) is 23.4. The summed E-state index contributed by atoms with van der Waals surface area (Å²) in [5, 5.41) is 7.38. The van der Waals surface area contributed by atoms with Crippen LogP contribution < -0.4 is 10.6 Å². The number of hydrogen-bond donors (Lipinski definition) is 2. The lowest BCUT2D eigenvalue weighted by atomic mass is 10.0. The van der Waals surface area contributed by atoms with Gasteiger partial charge in [-0.05, 0) is 60.9 Å². The number of carbonyl (C=O) groups is 1. The Morgan fingerprint density at radius 3 is 2.27 bits per heavy atom. The molecule has 5 aromatic rings. The summed E-state index contributed by atoms with van der Waals surface area (Å²) in [5.74, 6) is 0.360. The molecule has 0 bridgehead atoms. The van der Waals surface area contributed by atoms with Crippen molar-refractivity contribution in [2.45, 2.75) is 20.4 Å². The second-order valence-corrected chi connectivity index (χ2v) is 10.4. The van der Waals surface area contributed by atoms with Gasteiger partial charge in [-0.15, -0.1) is 0 Å². The van der Waals surface area contributed by atoms with E-state index in [2.05, 4.69) is 45.9 Å². The molecule has 1 aliphatic rings. The first kappa shape index (κ1) is 26.6. The van der Waals surface area contributed by atoms with Crippen molar-refractivity contribution in [1.82, 2.24) is 14.9 Å². The molecule has 6 rings (SSSR count). The van der Waals surface area contributed by atoms with Crippen LogP contribution in [-0.2, 0) is 11.3 Å². The van der Waals surface area contributed by atoms with Gasteiger partial charge in [0.1, 0.15) is 0 Å². The monoisotopic (exact) mass is 543 g/mol. The highest BCUT2D eigenvalue weighted by Gasteiger charge is 2.14. The Bertz CT molecular complexity index is 1660. The molecule has 1 aliphatic heterocycles. The van der Waals surface area contributed by atoms with Gasteiger partial charge in [-0.3, -0.25) is 9.69 Å². The molecule has 41 heavy (non-hydrogen) atoms. The largest absolute Gasteiger partial charge is 0.379 e. The number of aryl methyl sites for hydroxylation is 2. The molecule has 0 radical (unpaired) electrons. The number of hydrogen-bond acceptors (Lipinski definition) is 6. The van der Waals surface area contributed by atoms with Crippen LogP contribution in [0.15, 0.2) is 91.0 Å². The molecule has 1 amide bonds. The smallest absolute Gasteiger partial charge is 0.255 e. The Labute approximate surface area is 240 Å². The summed E-state index contributed by atoms with van der Waals surface area (Å²) in [7, 11) is 0. The van der Waals surface area contributed by atoms with Crippen LogP contribution in [0.1, 0.15) is 27.0 Å². The molecule has 2 heterocycles. The quantitative estimate of drug-likeness (QED) is 0.237. The van der Waals surface area contributed by atoms with Gasteiger partial charge in [0.2, 0.25) is 5.95 Å². The molecular weight excluding hydrogens is 510 g/mol. The number of anilines is 3. The first-order valence-corrected chi connectivity index (χ1v) is 13.9. The Balaban J connectivity index is 1.21. The van der Waals surface area contributed by atoms with Crippen molar-refractivity contribution in [3.05, 3.63) is 113 Å². The molecule has 0 unspecified atom stereocenters. The van der Waals surface area contributed by atoms with Crippen LogP contribution in [-0.4, -0.2) is 47.1 Å². The van der Waals surface area contributed by atoms with Crippen molar-refractivity contribution in [2.24, 2.45) is 0 Å². The van der Waals surface area contributed by atoms with Gasteiger partial charge in [0.15, 0.2) is 0 Å². The fourth-order valence-electron chi connectivity index (χ4n) is 5.17. The molecule has 0 aliphatic carbocycles. The lowest BCUT2D eigenvalue weighted by Crippen LogP contribution is -2.35. The second kappa shape index (κ2) is 11.9. The van der Waals surface area contributed by atoms with Crippen molar-refractivity contribution in [3.63, 3.8) is 0 Å². The lowest BCUT2D eigenvalue weighted by Gasteiger charge is -2.26. The second-order valence-electron chi connectivity index (χ2n) is 10.4. The molecule has 2 N–H and O–H groups in total. The number of ether oxygens (including phenoxy) is 1. The maximum absolute atomic E-state index is 12.9. The number of rotatable bonds is 7. The van der Waals surface area contributed by atoms with Crippen LogP contribution in [0.3, 0.4) is 0 Å². The molecule has 4 aromatic carbocycles. The van der Waals surface area contributed by atoms with E-state index in [1.807, 2.05) is 62.4 Å². The van der Waals surface area contributed by atoms with Crippen molar-refractivity contribution in [1.29, 1.82) is 0 Å². The summed E-state index contributed by atoms with van der Waals surface area (Å²) in [6.45, 7) is 8.42. The molecule has 1 saturated heterocycles. The predicted molar refractivity (Wildman–Crippen MR) is 165 cm³/mol. The molecule has 7 nitrogen and oxygen atoms in total. The third-order valence-electron chi connectivity index (χ3n) is 7.46. The Kier molecular flexibility index (Phi) is 7.71. The van der Waals surface area contributed by atoms with Crippen molar-refractivity contribution < 1.29 is 9.53 Å². The van der Waals surface area contributed by atoms with E-state index in [4.69, 9.17) is 14.7 Å². The number of nitrogens with one attached hydrogen (secondary N) is 2. The van der Waals surface area contributed by atoms with E-state index in [0.717, 1.165) is 77.5 Å². The molecule has 1 fully saturated rings. The average molecular weight is 544 g/mol. The van der Waals surface area contributed by atoms with Gasteiger partial charge < -0.3 is 15.4 Å². The topological polar surface area (TPSA) is 79.4 Å². The number of amides is 1. The van der Waals surface area contributed by atoms with Crippen molar-refractivity contribution >= 4 is 34.1 Å². The first-order chi connectivity index (χ1) is 20.0. The van der Waals surface area contributed by atoms with E-state index in [1.165, 1.54) is 5.56 Å². The number of nitrogens with zero attached hydrogens (tertiary/aromatic N) is 3. The number of carbonyl (C=O) groups excluding carboxylic acids is 1. The fourth-order valence-corrected chi connectivity index (χ4v) is 5.17. The van der Waals surface area contributed by atoms with Crippen molar-refractivity contribution in [2.75, 3.05) is 36.9 Å². The van der Waals surface area contributed by atoms with E-state index in [1.54, 1.807) is 12.1 Å². The van der Waals surface area contributed by atoms with Crippen LogP contribution in [0, 0.1) is 13.8 Å².